The van der Waals surface area contributed by atoms with Crippen LogP contribution in [0.1, 0.15) is 15.9 Å². The summed E-state index contributed by atoms with van der Waals surface area (Å²) < 4.78 is 5.11. The average Bonchev–Trinajstić information content (AvgIpc) is 2.58. The number of benzene rings is 2. The lowest BCUT2D eigenvalue weighted by molar-refractivity contribution is 0.0958. The summed E-state index contributed by atoms with van der Waals surface area (Å²) in [4.78, 5) is 14.1. The van der Waals surface area contributed by atoms with Gasteiger partial charge >= 0.3 is 0 Å². The van der Waals surface area contributed by atoms with Gasteiger partial charge in [-0.15, -0.1) is 0 Å². The number of rotatable bonds is 4. The molecule has 0 fully saturated rings. The van der Waals surface area contributed by atoms with E-state index < -0.39 is 0 Å². The Morgan fingerprint density at radius 1 is 1.17 bits per heavy atom. The van der Waals surface area contributed by atoms with Gasteiger partial charge in [0, 0.05) is 25.2 Å². The fraction of sp³-hybridized carbons (Fsp3) is 0.211. The van der Waals surface area contributed by atoms with Gasteiger partial charge in [0.2, 0.25) is 0 Å². The van der Waals surface area contributed by atoms with E-state index in [0.717, 1.165) is 11.3 Å². The highest BCUT2D eigenvalue weighted by Gasteiger charge is 2.05. The zero-order chi connectivity index (χ0) is 16.7. The highest BCUT2D eigenvalue weighted by atomic mass is 16.5. The molecule has 0 spiro atoms. The molecule has 2 rings (SSSR count). The van der Waals surface area contributed by atoms with E-state index in [9.17, 15) is 4.79 Å². The van der Waals surface area contributed by atoms with Crippen molar-refractivity contribution < 1.29 is 9.53 Å². The van der Waals surface area contributed by atoms with Crippen LogP contribution in [0.25, 0.3) is 0 Å². The molecule has 2 aromatic rings. The van der Waals surface area contributed by atoms with Crippen LogP contribution in [0, 0.1) is 11.8 Å². The molecule has 118 valence electrons. The number of para-hydroxylation sites is 1. The fourth-order valence-corrected chi connectivity index (χ4v) is 2.10. The molecule has 0 heterocycles. The standard InChI is InChI=1S/C19H20N2O2/c1-21(2)18-12-5-4-8-15(18)10-7-13-20-19(22)16-9-6-11-17(14-16)23-3/h4-6,8-9,11-12,14H,13H2,1-3H3,(H,20,22). The molecule has 23 heavy (non-hydrogen) atoms. The quantitative estimate of drug-likeness (QED) is 0.883. The van der Waals surface area contributed by atoms with E-state index in [0.29, 0.717) is 11.3 Å². The SMILES string of the molecule is COc1cccc(C(=O)NCC#Cc2ccccc2N(C)C)c1. The molecule has 0 aromatic heterocycles. The highest BCUT2D eigenvalue weighted by molar-refractivity contribution is 5.94. The van der Waals surface area contributed by atoms with Crippen LogP contribution in [0.3, 0.4) is 0 Å². The maximum Gasteiger partial charge on any atom is 0.252 e. The minimum Gasteiger partial charge on any atom is -0.497 e. The summed E-state index contributed by atoms with van der Waals surface area (Å²) >= 11 is 0. The molecule has 0 aliphatic rings. The summed E-state index contributed by atoms with van der Waals surface area (Å²) in [5.41, 5.74) is 2.55. The first kappa shape index (κ1) is 16.4. The van der Waals surface area contributed by atoms with Gasteiger partial charge < -0.3 is 15.0 Å². The van der Waals surface area contributed by atoms with E-state index in [-0.39, 0.29) is 12.5 Å². The van der Waals surface area contributed by atoms with Gasteiger partial charge in [0.25, 0.3) is 5.91 Å². The van der Waals surface area contributed by atoms with E-state index in [1.165, 1.54) is 0 Å². The number of hydrogen-bond donors (Lipinski definition) is 1. The van der Waals surface area contributed by atoms with Gasteiger partial charge in [-0.3, -0.25) is 4.79 Å². The number of nitrogens with one attached hydrogen (secondary N) is 1. The van der Waals surface area contributed by atoms with Crippen molar-refractivity contribution in [2.45, 2.75) is 0 Å². The van der Waals surface area contributed by atoms with Crippen LogP contribution in [-0.2, 0) is 0 Å². The molecule has 0 atom stereocenters. The predicted molar refractivity (Wildman–Crippen MR) is 93.0 cm³/mol. The zero-order valence-electron chi connectivity index (χ0n) is 13.6. The average molecular weight is 308 g/mol. The number of carbonyl (C=O) groups is 1. The summed E-state index contributed by atoms with van der Waals surface area (Å²) in [5.74, 6) is 6.57. The molecule has 0 aliphatic carbocycles. The first-order valence-electron chi connectivity index (χ1n) is 7.29. The molecule has 2 aromatic carbocycles. The number of nitrogens with zero attached hydrogens (tertiary/aromatic N) is 1. The molecule has 0 radical (unpaired) electrons. The molecule has 0 aliphatic heterocycles. The van der Waals surface area contributed by atoms with Gasteiger partial charge in [0.15, 0.2) is 0 Å². The predicted octanol–water partition coefficient (Wildman–Crippen LogP) is 2.54. The topological polar surface area (TPSA) is 41.6 Å². The maximum atomic E-state index is 12.1. The van der Waals surface area contributed by atoms with E-state index in [1.807, 2.05) is 43.3 Å². The van der Waals surface area contributed by atoms with Crippen molar-refractivity contribution in [3.63, 3.8) is 0 Å². The maximum absolute atomic E-state index is 12.1. The minimum absolute atomic E-state index is 0.168. The Hall–Kier alpha value is -2.93. The van der Waals surface area contributed by atoms with Crippen molar-refractivity contribution in [3.8, 4) is 17.6 Å². The largest absolute Gasteiger partial charge is 0.497 e. The lowest BCUT2D eigenvalue weighted by Gasteiger charge is -2.13. The van der Waals surface area contributed by atoms with Crippen molar-refractivity contribution >= 4 is 11.6 Å². The molecule has 0 saturated heterocycles. The highest BCUT2D eigenvalue weighted by Crippen LogP contribution is 2.16. The third-order valence-corrected chi connectivity index (χ3v) is 3.28. The summed E-state index contributed by atoms with van der Waals surface area (Å²) in [6.07, 6.45) is 0. The Morgan fingerprint density at radius 2 is 1.96 bits per heavy atom. The molecule has 4 heteroatoms. The van der Waals surface area contributed by atoms with Crippen molar-refractivity contribution in [2.24, 2.45) is 0 Å². The smallest absolute Gasteiger partial charge is 0.252 e. The Bertz CT molecular complexity index is 742. The third kappa shape index (κ3) is 4.52. The first-order valence-corrected chi connectivity index (χ1v) is 7.29. The first-order chi connectivity index (χ1) is 11.1. The van der Waals surface area contributed by atoms with Gasteiger partial charge in [-0.05, 0) is 30.3 Å². The summed E-state index contributed by atoms with van der Waals surface area (Å²) in [6.45, 7) is 0.289. The third-order valence-electron chi connectivity index (χ3n) is 3.28. The zero-order valence-corrected chi connectivity index (χ0v) is 13.6. The van der Waals surface area contributed by atoms with E-state index >= 15 is 0 Å². The normalized spacial score (nSPS) is 9.52. The van der Waals surface area contributed by atoms with Crippen LogP contribution < -0.4 is 15.0 Å². The lowest BCUT2D eigenvalue weighted by Crippen LogP contribution is -2.23. The number of amides is 1. The van der Waals surface area contributed by atoms with Crippen LogP contribution >= 0.6 is 0 Å². The van der Waals surface area contributed by atoms with Gasteiger partial charge in [-0.1, -0.05) is 30.0 Å². The summed E-state index contributed by atoms with van der Waals surface area (Å²) in [6, 6.07) is 14.9. The number of hydrogen-bond acceptors (Lipinski definition) is 3. The number of anilines is 1. The summed E-state index contributed by atoms with van der Waals surface area (Å²) in [7, 11) is 5.53. The molecule has 0 unspecified atom stereocenters. The fourth-order valence-electron chi connectivity index (χ4n) is 2.10. The van der Waals surface area contributed by atoms with Crippen molar-refractivity contribution in [3.05, 3.63) is 59.7 Å². The van der Waals surface area contributed by atoms with Crippen LogP contribution in [-0.4, -0.2) is 33.7 Å². The van der Waals surface area contributed by atoms with Crippen LogP contribution in [0.2, 0.25) is 0 Å². The molecule has 1 amide bonds. The van der Waals surface area contributed by atoms with Gasteiger partial charge in [0.1, 0.15) is 5.75 Å². The monoisotopic (exact) mass is 308 g/mol. The van der Waals surface area contributed by atoms with E-state index in [2.05, 4.69) is 17.2 Å². The molecule has 1 N–H and O–H groups in total. The summed E-state index contributed by atoms with van der Waals surface area (Å²) in [5, 5.41) is 2.79. The second-order valence-corrected chi connectivity index (χ2v) is 5.13. The molecular weight excluding hydrogens is 288 g/mol. The lowest BCUT2D eigenvalue weighted by atomic mass is 10.1. The number of methoxy groups -OCH3 is 1. The molecular formula is C19H20N2O2. The van der Waals surface area contributed by atoms with Gasteiger partial charge in [-0.25, -0.2) is 0 Å². The van der Waals surface area contributed by atoms with Gasteiger partial charge in [0.05, 0.1) is 19.3 Å². The Kier molecular flexibility index (Phi) is 5.65. The Balaban J connectivity index is 1.99. The molecule has 4 nitrogen and oxygen atoms in total. The van der Waals surface area contributed by atoms with Crippen molar-refractivity contribution in [1.29, 1.82) is 0 Å². The number of carbonyl (C=O) groups excluding carboxylic acids is 1. The van der Waals surface area contributed by atoms with Crippen LogP contribution in [0.15, 0.2) is 48.5 Å². The van der Waals surface area contributed by atoms with E-state index in [1.54, 1.807) is 31.4 Å². The molecule has 0 saturated carbocycles. The van der Waals surface area contributed by atoms with E-state index in [4.69, 9.17) is 4.74 Å². The number of ether oxygens (including phenoxy) is 1. The Morgan fingerprint density at radius 3 is 2.70 bits per heavy atom. The second kappa shape index (κ2) is 7.90. The molecule has 0 bridgehead atoms. The Labute approximate surface area is 137 Å². The van der Waals surface area contributed by atoms with Crippen molar-refractivity contribution in [2.75, 3.05) is 32.6 Å². The second-order valence-electron chi connectivity index (χ2n) is 5.13. The van der Waals surface area contributed by atoms with Crippen LogP contribution in [0.5, 0.6) is 5.75 Å². The van der Waals surface area contributed by atoms with Crippen molar-refractivity contribution in [1.82, 2.24) is 5.32 Å². The van der Waals surface area contributed by atoms with Crippen LogP contribution in [0.4, 0.5) is 5.69 Å². The minimum atomic E-state index is -0.168. The van der Waals surface area contributed by atoms with Gasteiger partial charge in [-0.2, -0.15) is 0 Å².